The predicted molar refractivity (Wildman–Crippen MR) is 91.8 cm³/mol. The minimum absolute atomic E-state index is 0.0224. The Hall–Kier alpha value is -1.63. The first-order valence-corrected chi connectivity index (χ1v) is 9.60. The highest BCUT2D eigenvalue weighted by Gasteiger charge is 2.37. The monoisotopic (exact) mass is 351 g/mol. The maximum atomic E-state index is 12.7. The Labute approximate surface area is 146 Å². The number of likely N-dealkylation sites (tertiary alicyclic amines) is 1. The predicted octanol–water partition coefficient (Wildman–Crippen LogP) is 2.89. The fourth-order valence-electron chi connectivity index (χ4n) is 3.17. The molecule has 0 aromatic carbocycles. The first-order chi connectivity index (χ1) is 11.6. The van der Waals surface area contributed by atoms with Crippen LogP contribution in [0.3, 0.4) is 0 Å². The number of aryl methyl sites for hydroxylation is 1. The van der Waals surface area contributed by atoms with Crippen LogP contribution in [0.2, 0.25) is 0 Å². The molecule has 24 heavy (non-hydrogen) atoms. The fraction of sp³-hybridized carbons (Fsp3) is 0.706. The van der Waals surface area contributed by atoms with E-state index >= 15 is 0 Å². The SMILES string of the molecule is CCOC(=O)N1CCC[C@H](C(=O)N[C@@H](c2nc(C)cs2)C2CC2)C1. The molecule has 1 aliphatic heterocycles. The molecule has 2 fully saturated rings. The van der Waals surface area contributed by atoms with Crippen LogP contribution in [0.5, 0.6) is 0 Å². The molecule has 7 heteroatoms. The number of carbonyl (C=O) groups excluding carboxylic acids is 2. The van der Waals surface area contributed by atoms with Crippen LogP contribution in [0.15, 0.2) is 5.38 Å². The summed E-state index contributed by atoms with van der Waals surface area (Å²) < 4.78 is 5.06. The van der Waals surface area contributed by atoms with E-state index in [0.717, 1.165) is 36.4 Å². The topological polar surface area (TPSA) is 71.5 Å². The molecule has 1 aromatic rings. The summed E-state index contributed by atoms with van der Waals surface area (Å²) in [6.07, 6.45) is 3.62. The number of rotatable bonds is 5. The van der Waals surface area contributed by atoms with Gasteiger partial charge < -0.3 is 15.0 Å². The van der Waals surface area contributed by atoms with Gasteiger partial charge in [-0.2, -0.15) is 0 Å². The van der Waals surface area contributed by atoms with Crippen molar-refractivity contribution in [2.24, 2.45) is 11.8 Å². The van der Waals surface area contributed by atoms with Crippen molar-refractivity contribution in [1.82, 2.24) is 15.2 Å². The summed E-state index contributed by atoms with van der Waals surface area (Å²) in [7, 11) is 0. The van der Waals surface area contributed by atoms with Crippen molar-refractivity contribution < 1.29 is 14.3 Å². The Morgan fingerprint density at radius 2 is 2.25 bits per heavy atom. The van der Waals surface area contributed by atoms with E-state index < -0.39 is 0 Å². The van der Waals surface area contributed by atoms with E-state index in [2.05, 4.69) is 10.3 Å². The summed E-state index contributed by atoms with van der Waals surface area (Å²) in [4.78, 5) is 30.8. The zero-order valence-corrected chi connectivity index (χ0v) is 15.1. The molecule has 6 nitrogen and oxygen atoms in total. The smallest absolute Gasteiger partial charge is 0.409 e. The second-order valence-electron chi connectivity index (χ2n) is 6.63. The minimum atomic E-state index is -0.315. The highest BCUT2D eigenvalue weighted by atomic mass is 32.1. The number of amides is 2. The van der Waals surface area contributed by atoms with E-state index in [-0.39, 0.29) is 24.0 Å². The van der Waals surface area contributed by atoms with Gasteiger partial charge in [-0.25, -0.2) is 9.78 Å². The molecule has 1 aromatic heterocycles. The Morgan fingerprint density at radius 1 is 1.46 bits per heavy atom. The number of nitrogens with zero attached hydrogens (tertiary/aromatic N) is 2. The fourth-order valence-corrected chi connectivity index (χ4v) is 4.11. The third-order valence-corrected chi connectivity index (χ3v) is 5.66. The van der Waals surface area contributed by atoms with Gasteiger partial charge >= 0.3 is 6.09 Å². The van der Waals surface area contributed by atoms with Crippen LogP contribution >= 0.6 is 11.3 Å². The van der Waals surface area contributed by atoms with Crippen molar-refractivity contribution in [3.63, 3.8) is 0 Å². The van der Waals surface area contributed by atoms with Crippen molar-refractivity contribution in [3.8, 4) is 0 Å². The number of aromatic nitrogens is 1. The molecular formula is C17H25N3O3S. The number of hydrogen-bond acceptors (Lipinski definition) is 5. The van der Waals surface area contributed by atoms with E-state index in [0.29, 0.717) is 25.6 Å². The number of carbonyl (C=O) groups is 2. The number of nitrogens with one attached hydrogen (secondary N) is 1. The van der Waals surface area contributed by atoms with Crippen LogP contribution < -0.4 is 5.32 Å². The van der Waals surface area contributed by atoms with Crippen LogP contribution in [-0.2, 0) is 9.53 Å². The van der Waals surface area contributed by atoms with Crippen molar-refractivity contribution in [3.05, 3.63) is 16.1 Å². The summed E-state index contributed by atoms with van der Waals surface area (Å²) in [6.45, 7) is 5.24. The van der Waals surface area contributed by atoms with E-state index in [1.807, 2.05) is 12.3 Å². The lowest BCUT2D eigenvalue weighted by atomic mass is 9.97. The molecular weight excluding hydrogens is 326 g/mol. The number of thiazole rings is 1. The lowest BCUT2D eigenvalue weighted by Gasteiger charge is -2.32. The van der Waals surface area contributed by atoms with Crippen molar-refractivity contribution in [2.45, 2.75) is 45.6 Å². The Balaban J connectivity index is 1.61. The van der Waals surface area contributed by atoms with Crippen LogP contribution in [0.1, 0.15) is 49.4 Å². The van der Waals surface area contributed by atoms with Crippen molar-refractivity contribution in [2.75, 3.05) is 19.7 Å². The molecule has 2 heterocycles. The summed E-state index contributed by atoms with van der Waals surface area (Å²) in [5.41, 5.74) is 1.00. The maximum Gasteiger partial charge on any atom is 0.409 e. The van der Waals surface area contributed by atoms with Gasteiger partial charge in [0.05, 0.1) is 18.6 Å². The van der Waals surface area contributed by atoms with E-state index in [4.69, 9.17) is 4.74 Å². The van der Waals surface area contributed by atoms with Crippen LogP contribution in [0, 0.1) is 18.8 Å². The summed E-state index contributed by atoms with van der Waals surface area (Å²) in [5, 5.41) is 6.23. The van der Waals surface area contributed by atoms with Gasteiger partial charge in [-0.15, -0.1) is 11.3 Å². The van der Waals surface area contributed by atoms with Gasteiger partial charge in [-0.1, -0.05) is 0 Å². The normalized spacial score (nSPS) is 22.1. The van der Waals surface area contributed by atoms with Gasteiger partial charge in [0, 0.05) is 24.2 Å². The molecule has 2 atom stereocenters. The third-order valence-electron chi connectivity index (χ3n) is 4.61. The van der Waals surface area contributed by atoms with Gasteiger partial charge in [0.2, 0.25) is 5.91 Å². The number of hydrogen-bond donors (Lipinski definition) is 1. The molecule has 0 radical (unpaired) electrons. The molecule has 0 unspecified atom stereocenters. The largest absolute Gasteiger partial charge is 0.450 e. The molecule has 132 valence electrons. The molecule has 3 rings (SSSR count). The quantitative estimate of drug-likeness (QED) is 0.885. The molecule has 1 saturated heterocycles. The first kappa shape index (κ1) is 17.2. The maximum absolute atomic E-state index is 12.7. The average molecular weight is 351 g/mol. The molecule has 0 spiro atoms. The number of piperidine rings is 1. The Morgan fingerprint density at radius 3 is 2.88 bits per heavy atom. The van der Waals surface area contributed by atoms with E-state index in [1.165, 1.54) is 0 Å². The zero-order valence-electron chi connectivity index (χ0n) is 14.3. The lowest BCUT2D eigenvalue weighted by molar-refractivity contribution is -0.127. The first-order valence-electron chi connectivity index (χ1n) is 8.72. The highest BCUT2D eigenvalue weighted by Crippen LogP contribution is 2.42. The summed E-state index contributed by atoms with van der Waals surface area (Å²) in [5.74, 6) is 0.378. The van der Waals surface area contributed by atoms with E-state index in [9.17, 15) is 9.59 Å². The van der Waals surface area contributed by atoms with Gasteiger partial charge in [0.15, 0.2) is 0 Å². The second-order valence-corrected chi connectivity index (χ2v) is 7.52. The van der Waals surface area contributed by atoms with Gasteiger partial charge in [-0.3, -0.25) is 4.79 Å². The average Bonchev–Trinajstić information content (AvgIpc) is 3.33. The zero-order chi connectivity index (χ0) is 17.1. The van der Waals surface area contributed by atoms with Gasteiger partial charge in [0.25, 0.3) is 0 Å². The minimum Gasteiger partial charge on any atom is -0.450 e. The molecule has 2 amide bonds. The lowest BCUT2D eigenvalue weighted by Crippen LogP contribution is -2.46. The number of ether oxygens (including phenoxy) is 1. The van der Waals surface area contributed by atoms with Crippen LogP contribution in [0.4, 0.5) is 4.79 Å². The van der Waals surface area contributed by atoms with Crippen molar-refractivity contribution in [1.29, 1.82) is 0 Å². The Kier molecular flexibility index (Phi) is 5.38. The van der Waals surface area contributed by atoms with Crippen molar-refractivity contribution >= 4 is 23.3 Å². The molecule has 1 N–H and O–H groups in total. The van der Waals surface area contributed by atoms with Gasteiger partial charge in [0.1, 0.15) is 5.01 Å². The third kappa shape index (κ3) is 4.06. The van der Waals surface area contributed by atoms with Gasteiger partial charge in [-0.05, 0) is 45.4 Å². The molecule has 1 saturated carbocycles. The standard InChI is InChI=1S/C17H25N3O3S/c1-3-23-17(22)20-8-4-5-13(9-20)15(21)19-14(12-6-7-12)16-18-11(2)10-24-16/h10,12-14H,3-9H2,1-2H3,(H,19,21)/t13-,14+/m0/s1. The van der Waals surface area contributed by atoms with E-state index in [1.54, 1.807) is 23.2 Å². The molecule has 1 aliphatic carbocycles. The highest BCUT2D eigenvalue weighted by molar-refractivity contribution is 7.09. The summed E-state index contributed by atoms with van der Waals surface area (Å²) >= 11 is 1.62. The van der Waals surface area contributed by atoms with Crippen LogP contribution in [0.25, 0.3) is 0 Å². The second kappa shape index (κ2) is 7.51. The molecule has 2 aliphatic rings. The Bertz CT molecular complexity index is 600. The summed E-state index contributed by atoms with van der Waals surface area (Å²) in [6, 6.07) is 0.0224. The van der Waals surface area contributed by atoms with Crippen LogP contribution in [-0.4, -0.2) is 41.6 Å². The molecule has 0 bridgehead atoms.